The molecule has 0 aliphatic heterocycles. The van der Waals surface area contributed by atoms with Gasteiger partial charge >= 0.3 is 0 Å². The van der Waals surface area contributed by atoms with Crippen LogP contribution in [0.1, 0.15) is 5.56 Å². The standard InChI is InChI=1S/C38H29N3/c1-40(34-18-12-29(28-39)13-19-34)35-24-26-38(27-25-35)41(36-20-14-32(15-21-36)30-8-4-2-5-9-30)37-22-16-33(17-23-37)31-10-6-3-7-11-31/h2-27H,1H3. The molecule has 0 spiro atoms. The minimum absolute atomic E-state index is 0.657. The van der Waals surface area contributed by atoms with Gasteiger partial charge in [0.05, 0.1) is 11.6 Å². The summed E-state index contributed by atoms with van der Waals surface area (Å²) in [5.74, 6) is 0. The average Bonchev–Trinajstić information content (AvgIpc) is 3.06. The summed E-state index contributed by atoms with van der Waals surface area (Å²) in [4.78, 5) is 4.41. The molecule has 6 aromatic rings. The molecule has 3 heteroatoms. The zero-order valence-corrected chi connectivity index (χ0v) is 22.9. The molecule has 196 valence electrons. The molecule has 3 nitrogen and oxygen atoms in total. The maximum absolute atomic E-state index is 9.13. The van der Waals surface area contributed by atoms with Crippen molar-refractivity contribution in [1.29, 1.82) is 5.26 Å². The highest BCUT2D eigenvalue weighted by Gasteiger charge is 2.14. The van der Waals surface area contributed by atoms with Crippen LogP contribution in [0.4, 0.5) is 28.4 Å². The van der Waals surface area contributed by atoms with E-state index in [1.165, 1.54) is 22.3 Å². The minimum Gasteiger partial charge on any atom is -0.345 e. The van der Waals surface area contributed by atoms with Gasteiger partial charge in [0.2, 0.25) is 0 Å². The van der Waals surface area contributed by atoms with Gasteiger partial charge in [-0.2, -0.15) is 5.26 Å². The lowest BCUT2D eigenvalue weighted by Gasteiger charge is -2.27. The summed E-state index contributed by atoms with van der Waals surface area (Å²) in [5.41, 5.74) is 10.8. The Balaban J connectivity index is 1.35. The summed E-state index contributed by atoms with van der Waals surface area (Å²) in [6, 6.07) is 56.8. The van der Waals surface area contributed by atoms with Crippen molar-refractivity contribution >= 4 is 28.4 Å². The zero-order valence-electron chi connectivity index (χ0n) is 22.9. The third kappa shape index (κ3) is 5.59. The molecule has 6 rings (SSSR count). The molecule has 0 bridgehead atoms. The molecule has 0 fully saturated rings. The lowest BCUT2D eigenvalue weighted by Crippen LogP contribution is -2.12. The smallest absolute Gasteiger partial charge is 0.0991 e. The summed E-state index contributed by atoms with van der Waals surface area (Å²) >= 11 is 0. The lowest BCUT2D eigenvalue weighted by atomic mass is 10.0. The van der Waals surface area contributed by atoms with Crippen LogP contribution in [0, 0.1) is 11.3 Å². The molecule has 41 heavy (non-hydrogen) atoms. The van der Waals surface area contributed by atoms with Crippen LogP contribution in [0.3, 0.4) is 0 Å². The molecular weight excluding hydrogens is 498 g/mol. The van der Waals surface area contributed by atoms with Crippen LogP contribution < -0.4 is 9.80 Å². The van der Waals surface area contributed by atoms with Crippen LogP contribution in [-0.4, -0.2) is 7.05 Å². The maximum Gasteiger partial charge on any atom is 0.0991 e. The first-order chi connectivity index (χ1) is 20.2. The number of hydrogen-bond donors (Lipinski definition) is 0. The van der Waals surface area contributed by atoms with Gasteiger partial charge in [0.25, 0.3) is 0 Å². The molecule has 0 unspecified atom stereocenters. The van der Waals surface area contributed by atoms with E-state index in [1.807, 2.05) is 43.4 Å². The SMILES string of the molecule is CN(c1ccc(C#N)cc1)c1ccc(N(c2ccc(-c3ccccc3)cc2)c2ccc(-c3ccccc3)cc2)cc1. The molecule has 0 radical (unpaired) electrons. The Hall–Kier alpha value is -5.59. The van der Waals surface area contributed by atoms with Gasteiger partial charge in [-0.25, -0.2) is 0 Å². The van der Waals surface area contributed by atoms with Crippen molar-refractivity contribution in [3.63, 3.8) is 0 Å². The van der Waals surface area contributed by atoms with Crippen LogP contribution in [-0.2, 0) is 0 Å². The Bertz CT molecular complexity index is 1670. The monoisotopic (exact) mass is 527 g/mol. The highest BCUT2D eigenvalue weighted by atomic mass is 15.1. The first kappa shape index (κ1) is 25.7. The predicted molar refractivity (Wildman–Crippen MR) is 171 cm³/mol. The molecule has 0 atom stereocenters. The van der Waals surface area contributed by atoms with Crippen molar-refractivity contribution in [3.05, 3.63) is 163 Å². The number of nitriles is 1. The minimum atomic E-state index is 0.657. The Morgan fingerprint density at radius 1 is 0.390 bits per heavy atom. The summed E-state index contributed by atoms with van der Waals surface area (Å²) < 4.78 is 0. The summed E-state index contributed by atoms with van der Waals surface area (Å²) in [5, 5.41) is 9.13. The van der Waals surface area contributed by atoms with Crippen molar-refractivity contribution in [3.8, 4) is 28.3 Å². The van der Waals surface area contributed by atoms with Crippen LogP contribution in [0.25, 0.3) is 22.3 Å². The molecule has 6 aromatic carbocycles. The van der Waals surface area contributed by atoms with Crippen molar-refractivity contribution in [1.82, 2.24) is 0 Å². The Morgan fingerprint density at radius 2 is 0.707 bits per heavy atom. The van der Waals surface area contributed by atoms with Crippen LogP contribution in [0.2, 0.25) is 0 Å². The summed E-state index contributed by atoms with van der Waals surface area (Å²) in [6.07, 6.45) is 0. The van der Waals surface area contributed by atoms with Gasteiger partial charge in [0.15, 0.2) is 0 Å². The highest BCUT2D eigenvalue weighted by molar-refractivity contribution is 5.80. The van der Waals surface area contributed by atoms with Crippen molar-refractivity contribution in [2.45, 2.75) is 0 Å². The topological polar surface area (TPSA) is 30.3 Å². The Morgan fingerprint density at radius 3 is 1.10 bits per heavy atom. The molecular formula is C38H29N3. The second kappa shape index (κ2) is 11.7. The van der Waals surface area contributed by atoms with E-state index >= 15 is 0 Å². The van der Waals surface area contributed by atoms with Crippen LogP contribution in [0.5, 0.6) is 0 Å². The summed E-state index contributed by atoms with van der Waals surface area (Å²) in [7, 11) is 2.04. The van der Waals surface area contributed by atoms with Gasteiger partial charge in [-0.15, -0.1) is 0 Å². The first-order valence-corrected chi connectivity index (χ1v) is 13.6. The van der Waals surface area contributed by atoms with E-state index < -0.39 is 0 Å². The number of anilines is 5. The van der Waals surface area contributed by atoms with E-state index in [9.17, 15) is 0 Å². The third-order valence-electron chi connectivity index (χ3n) is 7.34. The second-order valence-corrected chi connectivity index (χ2v) is 9.90. The predicted octanol–water partition coefficient (Wildman–Crippen LogP) is 10.1. The Labute approximate surface area is 241 Å². The van der Waals surface area contributed by atoms with Crippen LogP contribution >= 0.6 is 0 Å². The lowest BCUT2D eigenvalue weighted by molar-refractivity contribution is 1.20. The molecule has 0 amide bonds. The maximum atomic E-state index is 9.13. The molecule has 0 aliphatic carbocycles. The van der Waals surface area contributed by atoms with Crippen molar-refractivity contribution < 1.29 is 0 Å². The average molecular weight is 528 g/mol. The zero-order chi connectivity index (χ0) is 28.0. The number of rotatable bonds is 7. The van der Waals surface area contributed by atoms with Crippen molar-refractivity contribution in [2.75, 3.05) is 16.8 Å². The van der Waals surface area contributed by atoms with Crippen molar-refractivity contribution in [2.24, 2.45) is 0 Å². The fourth-order valence-electron chi connectivity index (χ4n) is 5.05. The van der Waals surface area contributed by atoms with E-state index in [1.54, 1.807) is 0 Å². The largest absolute Gasteiger partial charge is 0.345 e. The van der Waals surface area contributed by atoms with E-state index in [-0.39, 0.29) is 0 Å². The molecule has 0 aromatic heterocycles. The van der Waals surface area contributed by atoms with Crippen LogP contribution in [0.15, 0.2) is 158 Å². The molecule has 0 heterocycles. The van der Waals surface area contributed by atoms with Gasteiger partial charge in [0, 0.05) is 35.5 Å². The number of hydrogen-bond acceptors (Lipinski definition) is 3. The quantitative estimate of drug-likeness (QED) is 0.207. The molecule has 0 saturated heterocycles. The van der Waals surface area contributed by atoms with Gasteiger partial charge < -0.3 is 9.80 Å². The molecule has 0 N–H and O–H groups in total. The van der Waals surface area contributed by atoms with Gasteiger partial charge in [-0.1, -0.05) is 84.9 Å². The molecule has 0 aliphatic rings. The normalized spacial score (nSPS) is 10.5. The third-order valence-corrected chi connectivity index (χ3v) is 7.34. The molecule has 0 saturated carbocycles. The van der Waals surface area contributed by atoms with E-state index in [0.717, 1.165) is 28.4 Å². The fraction of sp³-hybridized carbons (Fsp3) is 0.0263. The van der Waals surface area contributed by atoms with Gasteiger partial charge in [0.1, 0.15) is 0 Å². The highest BCUT2D eigenvalue weighted by Crippen LogP contribution is 2.38. The first-order valence-electron chi connectivity index (χ1n) is 13.6. The van der Waals surface area contributed by atoms with Gasteiger partial charge in [-0.05, 0) is 95.1 Å². The number of benzene rings is 6. The van der Waals surface area contributed by atoms with E-state index in [2.05, 4.69) is 137 Å². The second-order valence-electron chi connectivity index (χ2n) is 9.90. The van der Waals surface area contributed by atoms with E-state index in [0.29, 0.717) is 5.56 Å². The van der Waals surface area contributed by atoms with E-state index in [4.69, 9.17) is 5.26 Å². The fourth-order valence-corrected chi connectivity index (χ4v) is 5.05. The summed E-state index contributed by atoms with van der Waals surface area (Å²) in [6.45, 7) is 0. The number of nitrogens with zero attached hydrogens (tertiary/aromatic N) is 3. The Kier molecular flexibility index (Phi) is 7.30. The van der Waals surface area contributed by atoms with Gasteiger partial charge in [-0.3, -0.25) is 0 Å².